The van der Waals surface area contributed by atoms with Crippen LogP contribution in [-0.2, 0) is 14.3 Å². The van der Waals surface area contributed by atoms with E-state index in [-0.39, 0.29) is 18.6 Å². The number of carbonyl (C=O) groups excluding carboxylic acids is 1. The molecule has 0 aliphatic heterocycles. The lowest BCUT2D eigenvalue weighted by Crippen LogP contribution is -2.30. The Kier molecular flexibility index (Phi) is 5.80. The molecular formula is C12H14BrNO4. The molecule has 0 unspecified atom stereocenters. The molecule has 0 spiro atoms. The maximum atomic E-state index is 11.4. The molecule has 98 valence electrons. The summed E-state index contributed by atoms with van der Waals surface area (Å²) in [6.07, 6.45) is 0. The average molecular weight is 316 g/mol. The van der Waals surface area contributed by atoms with Crippen molar-refractivity contribution in [2.45, 2.75) is 13.0 Å². The molecule has 2 N–H and O–H groups in total. The number of nitrogens with one attached hydrogen (secondary N) is 1. The minimum atomic E-state index is -1.09. The second-order valence-corrected chi connectivity index (χ2v) is 4.64. The summed E-state index contributed by atoms with van der Waals surface area (Å²) >= 11 is 3.33. The fourth-order valence-corrected chi connectivity index (χ4v) is 1.61. The first kappa shape index (κ1) is 14.7. The van der Waals surface area contributed by atoms with E-state index in [9.17, 15) is 9.59 Å². The average Bonchev–Trinajstić information content (AvgIpc) is 2.29. The summed E-state index contributed by atoms with van der Waals surface area (Å²) in [5.74, 6) is -1.43. The molecule has 1 aromatic carbocycles. The van der Waals surface area contributed by atoms with E-state index in [1.807, 2.05) is 31.2 Å². The van der Waals surface area contributed by atoms with Crippen molar-refractivity contribution < 1.29 is 19.4 Å². The molecule has 1 amide bonds. The molecular weight excluding hydrogens is 302 g/mol. The van der Waals surface area contributed by atoms with Gasteiger partial charge in [0.15, 0.2) is 0 Å². The second-order valence-electron chi connectivity index (χ2n) is 3.73. The van der Waals surface area contributed by atoms with Crippen molar-refractivity contribution in [3.8, 4) is 0 Å². The predicted octanol–water partition coefficient (Wildman–Crippen LogP) is 1.73. The Hall–Kier alpha value is -1.40. The SMILES string of the molecule is C[C@H](NC(=O)COCC(=O)O)c1ccc(Br)cc1. The fourth-order valence-electron chi connectivity index (χ4n) is 1.35. The highest BCUT2D eigenvalue weighted by molar-refractivity contribution is 9.10. The first-order valence-corrected chi connectivity index (χ1v) is 6.12. The van der Waals surface area contributed by atoms with Gasteiger partial charge in [0.25, 0.3) is 0 Å². The Morgan fingerprint density at radius 3 is 2.50 bits per heavy atom. The molecule has 18 heavy (non-hydrogen) atoms. The molecule has 0 bridgehead atoms. The third kappa shape index (κ3) is 5.29. The van der Waals surface area contributed by atoms with Crippen LogP contribution in [0.3, 0.4) is 0 Å². The molecule has 0 saturated heterocycles. The van der Waals surface area contributed by atoms with Crippen molar-refractivity contribution in [3.05, 3.63) is 34.3 Å². The van der Waals surface area contributed by atoms with Gasteiger partial charge in [0, 0.05) is 4.47 Å². The summed E-state index contributed by atoms with van der Waals surface area (Å²) in [6.45, 7) is 1.12. The summed E-state index contributed by atoms with van der Waals surface area (Å²) in [6, 6.07) is 7.41. The quantitative estimate of drug-likeness (QED) is 0.838. The van der Waals surface area contributed by atoms with Crippen molar-refractivity contribution in [2.75, 3.05) is 13.2 Å². The number of carboxylic acid groups (broad SMARTS) is 1. The molecule has 1 rings (SSSR count). The molecule has 0 saturated carbocycles. The topological polar surface area (TPSA) is 75.6 Å². The van der Waals surface area contributed by atoms with Gasteiger partial charge < -0.3 is 15.2 Å². The Morgan fingerprint density at radius 1 is 1.33 bits per heavy atom. The van der Waals surface area contributed by atoms with Crippen LogP contribution >= 0.6 is 15.9 Å². The fraction of sp³-hybridized carbons (Fsp3) is 0.333. The Labute approximate surface area is 113 Å². The highest BCUT2D eigenvalue weighted by atomic mass is 79.9. The summed E-state index contributed by atoms with van der Waals surface area (Å²) in [4.78, 5) is 21.6. The van der Waals surface area contributed by atoms with Crippen molar-refractivity contribution in [3.63, 3.8) is 0 Å². The van der Waals surface area contributed by atoms with Crippen molar-refractivity contribution in [1.29, 1.82) is 0 Å². The number of hydrogen-bond acceptors (Lipinski definition) is 3. The van der Waals surface area contributed by atoms with Crippen LogP contribution in [0.5, 0.6) is 0 Å². The van der Waals surface area contributed by atoms with Crippen LogP contribution in [0.25, 0.3) is 0 Å². The number of ether oxygens (including phenoxy) is 1. The van der Waals surface area contributed by atoms with Gasteiger partial charge in [0.05, 0.1) is 6.04 Å². The number of rotatable bonds is 6. The molecule has 0 fully saturated rings. The smallest absolute Gasteiger partial charge is 0.329 e. The van der Waals surface area contributed by atoms with Crippen LogP contribution in [0.2, 0.25) is 0 Å². The number of hydrogen-bond donors (Lipinski definition) is 2. The van der Waals surface area contributed by atoms with Gasteiger partial charge in [-0.25, -0.2) is 4.79 Å². The van der Waals surface area contributed by atoms with Gasteiger partial charge in [0.2, 0.25) is 5.91 Å². The Balaban J connectivity index is 2.39. The van der Waals surface area contributed by atoms with E-state index in [4.69, 9.17) is 9.84 Å². The zero-order chi connectivity index (χ0) is 13.5. The van der Waals surface area contributed by atoms with E-state index in [0.29, 0.717) is 0 Å². The van der Waals surface area contributed by atoms with E-state index >= 15 is 0 Å². The highest BCUT2D eigenvalue weighted by Crippen LogP contribution is 2.16. The maximum absolute atomic E-state index is 11.4. The molecule has 0 aliphatic rings. The second kappa shape index (κ2) is 7.13. The van der Waals surface area contributed by atoms with E-state index in [2.05, 4.69) is 21.2 Å². The maximum Gasteiger partial charge on any atom is 0.329 e. The number of benzene rings is 1. The number of carboxylic acids is 1. The van der Waals surface area contributed by atoms with Gasteiger partial charge in [-0.15, -0.1) is 0 Å². The third-order valence-corrected chi connectivity index (χ3v) is 2.73. The normalized spacial score (nSPS) is 11.9. The van der Waals surface area contributed by atoms with Crippen molar-refractivity contribution in [2.24, 2.45) is 0 Å². The van der Waals surface area contributed by atoms with Crippen molar-refractivity contribution >= 4 is 27.8 Å². The number of amides is 1. The van der Waals surface area contributed by atoms with Crippen LogP contribution in [0, 0.1) is 0 Å². The molecule has 0 heterocycles. The molecule has 5 nitrogen and oxygen atoms in total. The largest absolute Gasteiger partial charge is 0.480 e. The summed E-state index contributed by atoms with van der Waals surface area (Å²) in [5.41, 5.74) is 0.963. The molecule has 6 heteroatoms. The molecule has 0 aliphatic carbocycles. The van der Waals surface area contributed by atoms with E-state index in [1.54, 1.807) is 0 Å². The number of carbonyl (C=O) groups is 2. The van der Waals surface area contributed by atoms with Gasteiger partial charge in [0.1, 0.15) is 13.2 Å². The predicted molar refractivity (Wildman–Crippen MR) is 69.2 cm³/mol. The lowest BCUT2D eigenvalue weighted by atomic mass is 10.1. The van der Waals surface area contributed by atoms with E-state index < -0.39 is 12.6 Å². The monoisotopic (exact) mass is 315 g/mol. The Morgan fingerprint density at radius 2 is 1.94 bits per heavy atom. The molecule has 0 radical (unpaired) electrons. The van der Waals surface area contributed by atoms with Gasteiger partial charge in [-0.1, -0.05) is 28.1 Å². The van der Waals surface area contributed by atoms with Gasteiger partial charge >= 0.3 is 5.97 Å². The van der Waals surface area contributed by atoms with Crippen LogP contribution < -0.4 is 5.32 Å². The molecule has 1 atom stereocenters. The summed E-state index contributed by atoms with van der Waals surface area (Å²) in [7, 11) is 0. The standard InChI is InChI=1S/C12H14BrNO4/c1-8(9-2-4-10(13)5-3-9)14-11(15)6-18-7-12(16)17/h2-5,8H,6-7H2,1H3,(H,14,15)(H,16,17)/t8-/m0/s1. The van der Waals surface area contributed by atoms with Crippen LogP contribution in [0.1, 0.15) is 18.5 Å². The van der Waals surface area contributed by atoms with Gasteiger partial charge in [-0.05, 0) is 24.6 Å². The zero-order valence-corrected chi connectivity index (χ0v) is 11.4. The first-order valence-electron chi connectivity index (χ1n) is 5.33. The Bertz CT molecular complexity index is 419. The number of aliphatic carboxylic acids is 1. The first-order chi connectivity index (χ1) is 8.49. The van der Waals surface area contributed by atoms with E-state index in [1.165, 1.54) is 0 Å². The minimum Gasteiger partial charge on any atom is -0.480 e. The van der Waals surface area contributed by atoms with Crippen molar-refractivity contribution in [1.82, 2.24) is 5.32 Å². The lowest BCUT2D eigenvalue weighted by Gasteiger charge is -2.14. The van der Waals surface area contributed by atoms with Crippen LogP contribution in [-0.4, -0.2) is 30.2 Å². The highest BCUT2D eigenvalue weighted by Gasteiger charge is 2.10. The minimum absolute atomic E-state index is 0.154. The van der Waals surface area contributed by atoms with Crippen LogP contribution in [0.15, 0.2) is 28.7 Å². The lowest BCUT2D eigenvalue weighted by molar-refractivity contribution is -0.143. The van der Waals surface area contributed by atoms with E-state index in [0.717, 1.165) is 10.0 Å². The third-order valence-electron chi connectivity index (χ3n) is 2.21. The van der Waals surface area contributed by atoms with Gasteiger partial charge in [-0.2, -0.15) is 0 Å². The molecule has 1 aromatic rings. The van der Waals surface area contributed by atoms with Crippen LogP contribution in [0.4, 0.5) is 0 Å². The molecule has 0 aromatic heterocycles. The summed E-state index contributed by atoms with van der Waals surface area (Å²) < 4.78 is 5.66. The summed E-state index contributed by atoms with van der Waals surface area (Å²) in [5, 5.41) is 11.1. The zero-order valence-electron chi connectivity index (χ0n) is 9.85. The van der Waals surface area contributed by atoms with Gasteiger partial charge in [-0.3, -0.25) is 4.79 Å². The number of halogens is 1.